The Hall–Kier alpha value is -3.77. The Kier molecular flexibility index (Phi) is 4.93. The zero-order chi connectivity index (χ0) is 21.4. The lowest BCUT2D eigenvalue weighted by Gasteiger charge is -2.21. The molecule has 0 saturated carbocycles. The second kappa shape index (κ2) is 7.57. The van der Waals surface area contributed by atoms with Gasteiger partial charge in [0.2, 0.25) is 5.91 Å². The Morgan fingerprint density at radius 2 is 1.57 bits per heavy atom. The van der Waals surface area contributed by atoms with Crippen LogP contribution in [0.1, 0.15) is 28.9 Å². The van der Waals surface area contributed by atoms with Gasteiger partial charge in [0.25, 0.3) is 5.56 Å². The van der Waals surface area contributed by atoms with Crippen LogP contribution in [-0.4, -0.2) is 10.3 Å². The summed E-state index contributed by atoms with van der Waals surface area (Å²) >= 11 is 0. The highest BCUT2D eigenvalue weighted by molar-refractivity contribution is 5.94. The molecule has 0 aliphatic rings. The number of nitrogens with zero attached hydrogens (tertiary/aromatic N) is 1. The fraction of sp³-hybridized carbons (Fsp3) is 0.0833. The van der Waals surface area contributed by atoms with Crippen LogP contribution in [0.3, 0.4) is 0 Å². The van der Waals surface area contributed by atoms with Crippen LogP contribution in [-0.2, 0) is 0 Å². The fourth-order valence-electron chi connectivity index (χ4n) is 3.79. The lowest BCUT2D eigenvalue weighted by Crippen LogP contribution is -2.23. The summed E-state index contributed by atoms with van der Waals surface area (Å²) in [7, 11) is 0. The van der Waals surface area contributed by atoms with E-state index in [1.807, 2.05) is 37.3 Å². The normalized spacial score (nSPS) is 12.1. The summed E-state index contributed by atoms with van der Waals surface area (Å²) in [5.41, 5.74) is 15.5. The topological polar surface area (TPSA) is 90.6 Å². The first-order chi connectivity index (χ1) is 14.4. The molecule has 2 aromatic heterocycles. The smallest absolute Gasteiger partial charge is 0.263 e. The van der Waals surface area contributed by atoms with Gasteiger partial charge in [-0.3, -0.25) is 14.0 Å². The molecular weight excluding hydrogens is 381 g/mol. The molecule has 0 saturated heterocycles. The van der Waals surface area contributed by atoms with Gasteiger partial charge in [-0.05, 0) is 47.9 Å². The van der Waals surface area contributed by atoms with E-state index in [4.69, 9.17) is 11.5 Å². The highest BCUT2D eigenvalue weighted by atomic mass is 19.1. The molecule has 0 unspecified atom stereocenters. The largest absolute Gasteiger partial charge is 0.366 e. The lowest BCUT2D eigenvalue weighted by atomic mass is 9.88. The highest BCUT2D eigenvalue weighted by Gasteiger charge is 2.23. The SMILES string of the molecule is C[C@H](N)c1c(-c2ccccc2)c(=O)n2cc(F)ccc2c1-c1ccc(C(N)=O)cc1. The number of fused-ring (bicyclic) bond motifs is 1. The maximum atomic E-state index is 14.1. The molecule has 4 rings (SSSR count). The molecule has 0 bridgehead atoms. The van der Waals surface area contributed by atoms with E-state index in [1.165, 1.54) is 16.7 Å². The maximum Gasteiger partial charge on any atom is 0.263 e. The standard InChI is InChI=1S/C24H20FN3O2/c1-14(26)20-21(16-7-9-17(10-8-16)23(27)29)19-12-11-18(25)13-28(19)24(30)22(20)15-5-3-2-4-6-15/h2-14H,26H2,1H3,(H2,27,29)/t14-/m0/s1. The third kappa shape index (κ3) is 3.27. The number of pyridine rings is 2. The molecule has 4 N–H and O–H groups in total. The summed E-state index contributed by atoms with van der Waals surface area (Å²) in [6, 6.07) is 18.3. The van der Waals surface area contributed by atoms with Crippen molar-refractivity contribution in [1.29, 1.82) is 0 Å². The Morgan fingerprint density at radius 3 is 2.17 bits per heavy atom. The Labute approximate surface area is 172 Å². The van der Waals surface area contributed by atoms with Gasteiger partial charge in [0.05, 0.1) is 11.1 Å². The Balaban J connectivity index is 2.17. The third-order valence-corrected chi connectivity index (χ3v) is 5.12. The van der Waals surface area contributed by atoms with Crippen LogP contribution in [0.4, 0.5) is 4.39 Å². The van der Waals surface area contributed by atoms with E-state index in [1.54, 1.807) is 30.3 Å². The average Bonchev–Trinajstić information content (AvgIpc) is 2.74. The van der Waals surface area contributed by atoms with E-state index in [0.29, 0.717) is 33.3 Å². The molecule has 0 spiro atoms. The molecule has 0 fully saturated rings. The summed E-state index contributed by atoms with van der Waals surface area (Å²) in [5.74, 6) is -1.05. The molecule has 0 radical (unpaired) electrons. The average molecular weight is 401 g/mol. The summed E-state index contributed by atoms with van der Waals surface area (Å²) in [6.07, 6.45) is 1.18. The molecule has 0 aliphatic carbocycles. The first-order valence-electron chi connectivity index (χ1n) is 9.47. The van der Waals surface area contributed by atoms with Gasteiger partial charge < -0.3 is 11.5 Å². The molecule has 5 nitrogen and oxygen atoms in total. The van der Waals surface area contributed by atoms with Gasteiger partial charge in [0.1, 0.15) is 5.82 Å². The van der Waals surface area contributed by atoms with E-state index in [0.717, 1.165) is 5.56 Å². The minimum absolute atomic E-state index is 0.347. The molecule has 30 heavy (non-hydrogen) atoms. The number of amides is 1. The molecule has 1 atom stereocenters. The molecule has 2 aromatic carbocycles. The molecule has 150 valence electrons. The van der Waals surface area contributed by atoms with Gasteiger partial charge in [-0.15, -0.1) is 0 Å². The monoisotopic (exact) mass is 401 g/mol. The predicted octanol–water partition coefficient (Wildman–Crippen LogP) is 3.89. The van der Waals surface area contributed by atoms with Crippen LogP contribution >= 0.6 is 0 Å². The summed E-state index contributed by atoms with van der Waals surface area (Å²) < 4.78 is 15.4. The van der Waals surface area contributed by atoms with Crippen molar-refractivity contribution in [3.05, 3.63) is 100 Å². The number of primary amides is 1. The van der Waals surface area contributed by atoms with Crippen LogP contribution in [0.2, 0.25) is 0 Å². The Morgan fingerprint density at radius 1 is 0.933 bits per heavy atom. The predicted molar refractivity (Wildman–Crippen MR) is 116 cm³/mol. The van der Waals surface area contributed by atoms with E-state index < -0.39 is 17.8 Å². The number of hydrogen-bond donors (Lipinski definition) is 2. The number of carbonyl (C=O) groups is 1. The quantitative estimate of drug-likeness (QED) is 0.544. The van der Waals surface area contributed by atoms with Gasteiger partial charge in [-0.1, -0.05) is 42.5 Å². The zero-order valence-corrected chi connectivity index (χ0v) is 16.3. The maximum absolute atomic E-state index is 14.1. The number of benzene rings is 2. The van der Waals surface area contributed by atoms with Gasteiger partial charge >= 0.3 is 0 Å². The van der Waals surface area contributed by atoms with E-state index in [2.05, 4.69) is 0 Å². The number of carbonyl (C=O) groups excluding carboxylic acids is 1. The third-order valence-electron chi connectivity index (χ3n) is 5.12. The zero-order valence-electron chi connectivity index (χ0n) is 16.3. The number of hydrogen-bond acceptors (Lipinski definition) is 3. The van der Waals surface area contributed by atoms with Crippen LogP contribution in [0.15, 0.2) is 77.7 Å². The molecule has 4 aromatic rings. The highest BCUT2D eigenvalue weighted by Crippen LogP contribution is 2.37. The van der Waals surface area contributed by atoms with Crippen molar-refractivity contribution in [2.45, 2.75) is 13.0 Å². The van der Waals surface area contributed by atoms with Crippen molar-refractivity contribution in [2.24, 2.45) is 11.5 Å². The summed E-state index contributed by atoms with van der Waals surface area (Å²) in [6.45, 7) is 1.81. The molecule has 2 heterocycles. The minimum Gasteiger partial charge on any atom is -0.366 e. The number of aromatic nitrogens is 1. The second-order valence-electron chi connectivity index (χ2n) is 7.17. The van der Waals surface area contributed by atoms with Gasteiger partial charge in [0, 0.05) is 23.4 Å². The molecule has 0 aliphatic heterocycles. The number of halogens is 1. The van der Waals surface area contributed by atoms with E-state index in [9.17, 15) is 14.0 Å². The van der Waals surface area contributed by atoms with Crippen LogP contribution < -0.4 is 17.0 Å². The fourth-order valence-corrected chi connectivity index (χ4v) is 3.79. The van der Waals surface area contributed by atoms with Gasteiger partial charge in [-0.2, -0.15) is 0 Å². The minimum atomic E-state index is -0.532. The van der Waals surface area contributed by atoms with E-state index >= 15 is 0 Å². The van der Waals surface area contributed by atoms with Crippen LogP contribution in [0.25, 0.3) is 27.8 Å². The number of rotatable bonds is 4. The van der Waals surface area contributed by atoms with Gasteiger partial charge in [0.15, 0.2) is 0 Å². The van der Waals surface area contributed by atoms with Crippen molar-refractivity contribution in [3.8, 4) is 22.3 Å². The Bertz CT molecular complexity index is 1310. The van der Waals surface area contributed by atoms with Crippen molar-refractivity contribution >= 4 is 11.4 Å². The van der Waals surface area contributed by atoms with Gasteiger partial charge in [-0.25, -0.2) is 4.39 Å². The lowest BCUT2D eigenvalue weighted by molar-refractivity contribution is 0.100. The van der Waals surface area contributed by atoms with Crippen molar-refractivity contribution in [2.75, 3.05) is 0 Å². The van der Waals surface area contributed by atoms with Crippen molar-refractivity contribution in [1.82, 2.24) is 4.40 Å². The molecular formula is C24H20FN3O2. The second-order valence-corrected chi connectivity index (χ2v) is 7.17. The summed E-state index contributed by atoms with van der Waals surface area (Å²) in [5, 5.41) is 0. The van der Waals surface area contributed by atoms with Crippen LogP contribution in [0, 0.1) is 5.82 Å². The molecule has 1 amide bonds. The summed E-state index contributed by atoms with van der Waals surface area (Å²) in [4.78, 5) is 24.9. The first-order valence-corrected chi connectivity index (χ1v) is 9.47. The molecule has 6 heteroatoms. The first kappa shape index (κ1) is 19.5. The number of nitrogens with two attached hydrogens (primary N) is 2. The van der Waals surface area contributed by atoms with E-state index in [-0.39, 0.29) is 5.56 Å². The van der Waals surface area contributed by atoms with Crippen molar-refractivity contribution < 1.29 is 9.18 Å². The van der Waals surface area contributed by atoms with Crippen LogP contribution in [0.5, 0.6) is 0 Å². The van der Waals surface area contributed by atoms with Crippen molar-refractivity contribution in [3.63, 3.8) is 0 Å².